The minimum Gasteiger partial charge on any atom is -0.482 e. The van der Waals surface area contributed by atoms with Gasteiger partial charge in [-0.25, -0.2) is 12.7 Å². The monoisotopic (exact) mass is 107 g/mol. The molecule has 0 aromatic rings. The summed E-state index contributed by atoms with van der Waals surface area (Å²) in [4.78, 5) is 0. The summed E-state index contributed by atoms with van der Waals surface area (Å²) in [6.45, 7) is 4.77. The molecule has 0 saturated carbocycles. The van der Waals surface area contributed by atoms with Crippen LogP contribution in [0.3, 0.4) is 0 Å². The predicted molar refractivity (Wildman–Crippen MR) is 21.3 cm³/mol. The van der Waals surface area contributed by atoms with Gasteiger partial charge in [0.2, 0.25) is 10.5 Å². The van der Waals surface area contributed by atoms with Crippen LogP contribution in [0.5, 0.6) is 0 Å². The van der Waals surface area contributed by atoms with Gasteiger partial charge in [-0.1, -0.05) is 0 Å². The molecular weight excluding hydrogens is 103 g/mol. The van der Waals surface area contributed by atoms with Crippen LogP contribution in [0.2, 0.25) is 0 Å². The smallest absolute Gasteiger partial charge is 0.482 e. The van der Waals surface area contributed by atoms with Crippen LogP contribution >= 0.6 is 0 Å². The zero-order valence-electron chi connectivity index (χ0n) is 3.77. The molecule has 0 aliphatic heterocycles. The molecule has 0 N–H and O–H groups in total. The summed E-state index contributed by atoms with van der Waals surface area (Å²) < 4.78 is 4.25. The van der Waals surface area contributed by atoms with Crippen LogP contribution in [0.25, 0.3) is 0 Å². The van der Waals surface area contributed by atoms with Crippen molar-refractivity contribution in [3.8, 4) is 0 Å². The Hall–Kier alpha value is 0.787. The van der Waals surface area contributed by atoms with E-state index in [1.165, 1.54) is 12.7 Å². The summed E-state index contributed by atoms with van der Waals surface area (Å²) in [5.74, 6) is 0. The Kier molecular flexibility index (Phi) is 15.3. The first-order chi connectivity index (χ1) is 2.41. The van der Waals surface area contributed by atoms with Crippen LogP contribution in [0, 0.1) is 6.61 Å². The second-order valence-corrected chi connectivity index (χ2v) is 0.725. The van der Waals surface area contributed by atoms with E-state index in [4.69, 9.17) is 0 Å². The molecule has 0 aliphatic carbocycles. The van der Waals surface area contributed by atoms with Gasteiger partial charge in [-0.05, 0) is 0 Å². The maximum absolute atomic E-state index is 4.25. The van der Waals surface area contributed by atoms with E-state index in [1.54, 1.807) is 0 Å². The third-order valence-corrected chi connectivity index (χ3v) is 0.300. The first kappa shape index (κ1) is 9.92. The molecular formula is C3H4NaOSi. The van der Waals surface area contributed by atoms with E-state index >= 15 is 0 Å². The van der Waals surface area contributed by atoms with Gasteiger partial charge in [-0.15, -0.1) is 6.61 Å². The minimum atomic E-state index is 0. The van der Waals surface area contributed by atoms with Crippen molar-refractivity contribution in [1.29, 1.82) is 0 Å². The van der Waals surface area contributed by atoms with E-state index < -0.39 is 0 Å². The molecule has 0 unspecified atom stereocenters. The van der Waals surface area contributed by atoms with Crippen LogP contribution < -0.4 is 29.6 Å². The Labute approximate surface area is 63.6 Å². The third kappa shape index (κ3) is 8.84. The summed E-state index contributed by atoms with van der Waals surface area (Å²) in [6, 6.07) is 0. The van der Waals surface area contributed by atoms with E-state index in [2.05, 4.69) is 21.5 Å². The average Bonchev–Trinajstić information content (AvgIpc) is 1.41. The molecule has 1 nitrogen and oxygen atoms in total. The molecule has 0 aromatic carbocycles. The van der Waals surface area contributed by atoms with E-state index in [0.29, 0.717) is 0 Å². The molecule has 0 rings (SSSR count). The van der Waals surface area contributed by atoms with Crippen molar-refractivity contribution in [2.45, 2.75) is 0 Å². The molecule has 0 fully saturated rings. The van der Waals surface area contributed by atoms with Gasteiger partial charge in [0.25, 0.3) is 0 Å². The fraction of sp³-hybridized carbons (Fsp3) is 0. The fourth-order valence-electron chi connectivity index (χ4n) is 0.0481. The van der Waals surface area contributed by atoms with Gasteiger partial charge in [0, 0.05) is 0 Å². The van der Waals surface area contributed by atoms with Gasteiger partial charge in [0.1, 0.15) is 0 Å². The van der Waals surface area contributed by atoms with Gasteiger partial charge in [-0.3, -0.25) is 0 Å². The zero-order chi connectivity index (χ0) is 4.12. The van der Waals surface area contributed by atoms with E-state index in [1.807, 2.05) is 0 Å². The number of rotatable bonds is 2. The summed E-state index contributed by atoms with van der Waals surface area (Å²) in [7, 11) is 2.72. The maximum Gasteiger partial charge on any atom is 1.00 e. The predicted octanol–water partition coefficient (Wildman–Crippen LogP) is -2.56. The Morgan fingerprint density at radius 2 is 2.33 bits per heavy atom. The van der Waals surface area contributed by atoms with Crippen molar-refractivity contribution in [3.05, 3.63) is 19.3 Å². The summed E-state index contributed by atoms with van der Waals surface area (Å²) >= 11 is 0. The van der Waals surface area contributed by atoms with Crippen molar-refractivity contribution in [3.63, 3.8) is 0 Å². The van der Waals surface area contributed by atoms with Crippen LogP contribution in [0.4, 0.5) is 0 Å². The van der Waals surface area contributed by atoms with Gasteiger partial charge >= 0.3 is 29.6 Å². The third-order valence-electron chi connectivity index (χ3n) is 0.164. The Morgan fingerprint density at radius 1 is 1.83 bits per heavy atom. The molecule has 0 bridgehead atoms. The molecule has 27 valence electrons. The summed E-state index contributed by atoms with van der Waals surface area (Å²) in [5.41, 5.74) is 0. The second kappa shape index (κ2) is 9.25. The van der Waals surface area contributed by atoms with Crippen molar-refractivity contribution in [2.75, 3.05) is 0 Å². The van der Waals surface area contributed by atoms with E-state index in [0.717, 1.165) is 0 Å². The standard InChI is InChI=1S/C3H4OSi.Na/c1-2-3-4-5;/h2-3H,1H2;/q-1;+1. The first-order valence-corrected chi connectivity index (χ1v) is 1.59. The van der Waals surface area contributed by atoms with E-state index in [-0.39, 0.29) is 29.6 Å². The largest absolute Gasteiger partial charge is 1.00 e. The molecule has 0 aliphatic rings. The molecule has 0 spiro atoms. The quantitative estimate of drug-likeness (QED) is 0.278. The topological polar surface area (TPSA) is 9.23 Å². The average molecular weight is 107 g/mol. The molecule has 3 heteroatoms. The molecule has 0 amide bonds. The van der Waals surface area contributed by atoms with Gasteiger partial charge in [-0.2, -0.15) is 0 Å². The Bertz CT molecular complexity index is 32.0. The first-order valence-electron chi connectivity index (χ1n) is 1.18. The molecule has 0 heterocycles. The Balaban J connectivity index is 0. The van der Waals surface area contributed by atoms with E-state index in [9.17, 15) is 0 Å². The molecule has 0 aromatic heterocycles. The second-order valence-electron chi connectivity index (χ2n) is 0.490. The number of hydrogen-bond acceptors (Lipinski definition) is 1. The van der Waals surface area contributed by atoms with Gasteiger partial charge in [0.15, 0.2) is 0 Å². The zero-order valence-corrected chi connectivity index (χ0v) is 6.77. The Morgan fingerprint density at radius 3 is 2.33 bits per heavy atom. The maximum atomic E-state index is 4.25. The normalized spacial score (nSPS) is 5.50. The van der Waals surface area contributed by atoms with Gasteiger partial charge < -0.3 is 4.43 Å². The molecule has 0 saturated heterocycles. The van der Waals surface area contributed by atoms with Crippen molar-refractivity contribution < 1.29 is 34.0 Å². The van der Waals surface area contributed by atoms with Crippen molar-refractivity contribution in [1.82, 2.24) is 0 Å². The summed E-state index contributed by atoms with van der Waals surface area (Å²) in [5, 5.41) is 0. The number of hydrogen-bond donors (Lipinski definition) is 0. The minimum absolute atomic E-state index is 0. The van der Waals surface area contributed by atoms with Crippen molar-refractivity contribution in [2.24, 2.45) is 0 Å². The van der Waals surface area contributed by atoms with Crippen LogP contribution in [0.15, 0.2) is 12.7 Å². The van der Waals surface area contributed by atoms with Crippen LogP contribution in [-0.4, -0.2) is 10.5 Å². The van der Waals surface area contributed by atoms with Gasteiger partial charge in [0.05, 0.1) is 0 Å². The van der Waals surface area contributed by atoms with Crippen molar-refractivity contribution >= 4 is 10.5 Å². The molecule has 6 heavy (non-hydrogen) atoms. The molecule has 3 radical (unpaired) electrons. The van der Waals surface area contributed by atoms with Crippen LogP contribution in [0.1, 0.15) is 0 Å². The van der Waals surface area contributed by atoms with Crippen LogP contribution in [-0.2, 0) is 4.43 Å². The SMILES string of the molecule is C=C[CH-]O[Si].[Na+]. The molecule has 0 atom stereocenters. The summed E-state index contributed by atoms with van der Waals surface area (Å²) in [6.07, 6.45) is 1.53. The fourth-order valence-corrected chi connectivity index (χ4v) is 0.144.